The van der Waals surface area contributed by atoms with Crippen LogP contribution in [0.4, 0.5) is 14.5 Å². The first-order chi connectivity index (χ1) is 9.88. The summed E-state index contributed by atoms with van der Waals surface area (Å²) >= 11 is 0. The molecule has 1 amide bonds. The van der Waals surface area contributed by atoms with Crippen LogP contribution in [0.3, 0.4) is 0 Å². The van der Waals surface area contributed by atoms with E-state index < -0.39 is 33.7 Å². The first-order valence-electron chi connectivity index (χ1n) is 6.80. The molecule has 0 saturated heterocycles. The van der Waals surface area contributed by atoms with E-state index in [4.69, 9.17) is 0 Å². The molecule has 1 aromatic rings. The normalized spacial score (nSPS) is 16.1. The van der Waals surface area contributed by atoms with Crippen molar-refractivity contribution in [1.29, 1.82) is 0 Å². The Morgan fingerprint density at radius 3 is 2.52 bits per heavy atom. The minimum Gasteiger partial charge on any atom is -0.351 e. The van der Waals surface area contributed by atoms with Crippen molar-refractivity contribution in [2.75, 3.05) is 6.54 Å². The molecule has 0 aliphatic heterocycles. The minimum absolute atomic E-state index is 0.0471. The summed E-state index contributed by atoms with van der Waals surface area (Å²) in [5.41, 5.74) is -1.44. The molecule has 1 aliphatic carbocycles. The van der Waals surface area contributed by atoms with Gasteiger partial charge in [0.1, 0.15) is 5.82 Å². The number of nitro benzene ring substituents is 1. The predicted octanol–water partition coefficient (Wildman–Crippen LogP) is 3.18. The molecule has 0 heterocycles. The van der Waals surface area contributed by atoms with Gasteiger partial charge in [0.05, 0.1) is 16.6 Å². The van der Waals surface area contributed by atoms with E-state index in [2.05, 4.69) is 5.32 Å². The van der Waals surface area contributed by atoms with E-state index in [1.807, 2.05) is 6.92 Å². The van der Waals surface area contributed by atoms with Gasteiger partial charge in [0.15, 0.2) is 0 Å². The first kappa shape index (κ1) is 15.3. The molecule has 1 N–H and O–H groups in total. The number of nitrogens with zero attached hydrogens (tertiary/aromatic N) is 1. The van der Waals surface area contributed by atoms with Gasteiger partial charge in [0, 0.05) is 6.54 Å². The lowest BCUT2D eigenvalue weighted by Gasteiger charge is -2.41. The lowest BCUT2D eigenvalue weighted by molar-refractivity contribution is -0.387. The summed E-state index contributed by atoms with van der Waals surface area (Å²) in [4.78, 5) is 21.4. The van der Waals surface area contributed by atoms with Crippen LogP contribution in [0.5, 0.6) is 0 Å². The van der Waals surface area contributed by atoms with Gasteiger partial charge in [-0.1, -0.05) is 13.3 Å². The summed E-state index contributed by atoms with van der Waals surface area (Å²) in [5, 5.41) is 13.1. The Morgan fingerprint density at radius 2 is 2.05 bits per heavy atom. The number of hydrogen-bond donors (Lipinski definition) is 1. The van der Waals surface area contributed by atoms with Crippen molar-refractivity contribution in [2.45, 2.75) is 32.6 Å². The van der Waals surface area contributed by atoms with Crippen LogP contribution in [0.25, 0.3) is 0 Å². The zero-order chi connectivity index (χ0) is 15.6. The Labute approximate surface area is 120 Å². The van der Waals surface area contributed by atoms with Crippen LogP contribution < -0.4 is 5.32 Å². The van der Waals surface area contributed by atoms with Crippen molar-refractivity contribution in [1.82, 2.24) is 5.32 Å². The fourth-order valence-electron chi connectivity index (χ4n) is 2.55. The average molecular weight is 298 g/mol. The van der Waals surface area contributed by atoms with Crippen LogP contribution in [-0.4, -0.2) is 17.4 Å². The molecule has 5 nitrogen and oxygen atoms in total. The van der Waals surface area contributed by atoms with Gasteiger partial charge < -0.3 is 5.32 Å². The fourth-order valence-corrected chi connectivity index (χ4v) is 2.55. The van der Waals surface area contributed by atoms with Gasteiger partial charge in [-0.3, -0.25) is 14.9 Å². The molecule has 1 aliphatic rings. The van der Waals surface area contributed by atoms with E-state index in [0.29, 0.717) is 18.7 Å². The van der Waals surface area contributed by atoms with E-state index in [1.165, 1.54) is 0 Å². The van der Waals surface area contributed by atoms with Crippen LogP contribution in [0.15, 0.2) is 12.1 Å². The van der Waals surface area contributed by atoms with Gasteiger partial charge in [-0.15, -0.1) is 0 Å². The Bertz CT molecular complexity index is 580. The smallest absolute Gasteiger partial charge is 0.307 e. The topological polar surface area (TPSA) is 72.2 Å². The molecule has 0 aromatic heterocycles. The molecule has 0 atom stereocenters. The Balaban J connectivity index is 2.12. The maximum Gasteiger partial charge on any atom is 0.307 e. The summed E-state index contributed by atoms with van der Waals surface area (Å²) in [6.07, 6.45) is 4.01. The molecule has 7 heteroatoms. The standard InChI is InChI=1S/C14H16F2N2O3/c1-2-14(4-3-5-14)8-17-13(19)9-6-11(16)12(18(20)21)7-10(9)15/h6-7H,2-5,8H2,1H3,(H,17,19). The van der Waals surface area contributed by atoms with Gasteiger partial charge in [-0.05, 0) is 30.7 Å². The fraction of sp³-hybridized carbons (Fsp3) is 0.500. The van der Waals surface area contributed by atoms with Crippen molar-refractivity contribution in [3.05, 3.63) is 39.4 Å². The highest BCUT2D eigenvalue weighted by molar-refractivity contribution is 5.94. The number of hydrogen-bond acceptors (Lipinski definition) is 3. The van der Waals surface area contributed by atoms with Gasteiger partial charge in [-0.25, -0.2) is 4.39 Å². The molecule has 0 unspecified atom stereocenters. The third-order valence-corrected chi connectivity index (χ3v) is 4.27. The molecule has 1 saturated carbocycles. The zero-order valence-electron chi connectivity index (χ0n) is 11.6. The van der Waals surface area contributed by atoms with Crippen molar-refractivity contribution < 1.29 is 18.5 Å². The monoisotopic (exact) mass is 298 g/mol. The summed E-state index contributed by atoms with van der Waals surface area (Å²) in [6, 6.07) is 1.01. The van der Waals surface area contributed by atoms with Crippen molar-refractivity contribution >= 4 is 11.6 Å². The molecule has 2 rings (SSSR count). The number of halogens is 2. The number of carbonyl (C=O) groups is 1. The number of benzene rings is 1. The number of rotatable bonds is 5. The summed E-state index contributed by atoms with van der Waals surface area (Å²) in [6.45, 7) is 2.43. The Morgan fingerprint density at radius 1 is 1.38 bits per heavy atom. The van der Waals surface area contributed by atoms with Crippen molar-refractivity contribution in [2.24, 2.45) is 5.41 Å². The molecule has 21 heavy (non-hydrogen) atoms. The van der Waals surface area contributed by atoms with Crippen LogP contribution >= 0.6 is 0 Å². The second-order valence-electron chi connectivity index (χ2n) is 5.43. The molecule has 1 aromatic carbocycles. The molecular formula is C14H16F2N2O3. The third-order valence-electron chi connectivity index (χ3n) is 4.27. The zero-order valence-corrected chi connectivity index (χ0v) is 11.6. The van der Waals surface area contributed by atoms with E-state index in [-0.39, 0.29) is 5.41 Å². The highest BCUT2D eigenvalue weighted by Crippen LogP contribution is 2.43. The molecule has 0 radical (unpaired) electrons. The molecule has 1 fully saturated rings. The second kappa shape index (κ2) is 5.75. The maximum absolute atomic E-state index is 13.7. The quantitative estimate of drug-likeness (QED) is 0.670. The summed E-state index contributed by atoms with van der Waals surface area (Å²) < 4.78 is 27.2. The van der Waals surface area contributed by atoms with E-state index in [0.717, 1.165) is 25.7 Å². The van der Waals surface area contributed by atoms with Gasteiger partial charge >= 0.3 is 5.69 Å². The van der Waals surface area contributed by atoms with Gasteiger partial charge in [0.25, 0.3) is 5.91 Å². The Hall–Kier alpha value is -2.05. The first-order valence-corrected chi connectivity index (χ1v) is 6.80. The lowest BCUT2D eigenvalue weighted by atomic mass is 9.67. The SMILES string of the molecule is CCC1(CNC(=O)c2cc(F)c([N+](=O)[O-])cc2F)CCC1. The van der Waals surface area contributed by atoms with Crippen molar-refractivity contribution in [3.63, 3.8) is 0 Å². The van der Waals surface area contributed by atoms with Crippen LogP contribution in [-0.2, 0) is 0 Å². The molecule has 0 bridgehead atoms. The van der Waals surface area contributed by atoms with E-state index in [9.17, 15) is 23.7 Å². The van der Waals surface area contributed by atoms with Gasteiger partial charge in [0.2, 0.25) is 5.82 Å². The summed E-state index contributed by atoms with van der Waals surface area (Å²) in [5.74, 6) is -3.07. The number of nitrogens with one attached hydrogen (secondary N) is 1. The third kappa shape index (κ3) is 3.01. The number of carbonyl (C=O) groups excluding carboxylic acids is 1. The van der Waals surface area contributed by atoms with Crippen LogP contribution in [0.2, 0.25) is 0 Å². The lowest BCUT2D eigenvalue weighted by Crippen LogP contribution is -2.41. The molecule has 0 spiro atoms. The van der Waals surface area contributed by atoms with Gasteiger partial charge in [-0.2, -0.15) is 4.39 Å². The highest BCUT2D eigenvalue weighted by atomic mass is 19.1. The van der Waals surface area contributed by atoms with Crippen molar-refractivity contribution in [3.8, 4) is 0 Å². The van der Waals surface area contributed by atoms with E-state index in [1.54, 1.807) is 0 Å². The largest absolute Gasteiger partial charge is 0.351 e. The molecular weight excluding hydrogens is 282 g/mol. The average Bonchev–Trinajstić information content (AvgIpc) is 2.39. The summed E-state index contributed by atoms with van der Waals surface area (Å²) in [7, 11) is 0. The second-order valence-corrected chi connectivity index (χ2v) is 5.43. The highest BCUT2D eigenvalue weighted by Gasteiger charge is 2.35. The Kier molecular flexibility index (Phi) is 4.20. The minimum atomic E-state index is -1.22. The van der Waals surface area contributed by atoms with Crippen LogP contribution in [0, 0.1) is 27.2 Å². The number of amides is 1. The molecule has 114 valence electrons. The predicted molar refractivity (Wildman–Crippen MR) is 71.9 cm³/mol. The number of nitro groups is 1. The van der Waals surface area contributed by atoms with Crippen LogP contribution in [0.1, 0.15) is 43.0 Å². The maximum atomic E-state index is 13.7. The van der Waals surface area contributed by atoms with E-state index >= 15 is 0 Å².